The maximum atomic E-state index is 12.0. The largest absolute Gasteiger partial charge is 0.389 e. The molecule has 0 saturated carbocycles. The number of nitrogens with one attached hydrogen (secondary N) is 1. The summed E-state index contributed by atoms with van der Waals surface area (Å²) in [6.07, 6.45) is 0.833. The minimum atomic E-state index is 0.0102. The van der Waals surface area contributed by atoms with Crippen molar-refractivity contribution < 1.29 is 4.79 Å². The van der Waals surface area contributed by atoms with Crippen LogP contribution in [0.4, 0.5) is 5.00 Å². The van der Waals surface area contributed by atoms with Crippen LogP contribution in [0.15, 0.2) is 65.0 Å². The molecule has 0 aliphatic rings. The Morgan fingerprint density at radius 2 is 1.76 bits per heavy atom. The molecule has 3 aromatic rings. The fraction of sp³-hybridized carbons (Fsp3) is 0.158. The molecule has 1 amide bonds. The van der Waals surface area contributed by atoms with Crippen LogP contribution in [0, 0.1) is 0 Å². The summed E-state index contributed by atoms with van der Waals surface area (Å²) in [6.45, 7) is 0.638. The van der Waals surface area contributed by atoms with E-state index in [-0.39, 0.29) is 5.91 Å². The Labute approximate surface area is 155 Å². The lowest BCUT2D eigenvalue weighted by Crippen LogP contribution is -2.27. The van der Waals surface area contributed by atoms with E-state index in [4.69, 9.17) is 5.73 Å². The summed E-state index contributed by atoms with van der Waals surface area (Å²) in [5.74, 6) is 0.353. The van der Waals surface area contributed by atoms with Crippen molar-refractivity contribution in [3.63, 3.8) is 0 Å². The maximum Gasteiger partial charge on any atom is 0.230 e. The van der Waals surface area contributed by atoms with E-state index in [0.717, 1.165) is 22.0 Å². The Morgan fingerprint density at radius 1 is 1.08 bits per heavy atom. The van der Waals surface area contributed by atoms with Gasteiger partial charge in [-0.05, 0) is 12.0 Å². The van der Waals surface area contributed by atoms with Gasteiger partial charge in [-0.15, -0.1) is 0 Å². The molecule has 1 heterocycles. The molecule has 128 valence electrons. The monoisotopic (exact) mass is 369 g/mol. The first kappa shape index (κ1) is 17.5. The van der Waals surface area contributed by atoms with Crippen LogP contribution in [0.2, 0.25) is 0 Å². The second-order valence-corrected chi connectivity index (χ2v) is 7.69. The number of rotatable bonds is 7. The van der Waals surface area contributed by atoms with Crippen molar-refractivity contribution >= 4 is 34.0 Å². The molecular formula is C19H19N3OS2. The molecule has 4 nitrogen and oxygen atoms in total. The van der Waals surface area contributed by atoms with Gasteiger partial charge >= 0.3 is 0 Å². The van der Waals surface area contributed by atoms with Crippen molar-refractivity contribution in [2.24, 2.45) is 0 Å². The summed E-state index contributed by atoms with van der Waals surface area (Å²) in [4.78, 5) is 16.5. The van der Waals surface area contributed by atoms with E-state index in [1.807, 2.05) is 48.5 Å². The van der Waals surface area contributed by atoms with Crippen molar-refractivity contribution in [2.45, 2.75) is 10.8 Å². The van der Waals surface area contributed by atoms with Gasteiger partial charge in [0.2, 0.25) is 5.91 Å². The van der Waals surface area contributed by atoms with Crippen LogP contribution in [0.1, 0.15) is 5.56 Å². The molecule has 25 heavy (non-hydrogen) atoms. The summed E-state index contributed by atoms with van der Waals surface area (Å²) in [5, 5.41) is 3.62. The molecular weight excluding hydrogens is 350 g/mol. The number of hydrogen-bond donors (Lipinski definition) is 2. The highest BCUT2D eigenvalue weighted by Gasteiger charge is 2.12. The van der Waals surface area contributed by atoms with E-state index in [1.54, 1.807) is 0 Å². The molecule has 0 radical (unpaired) electrons. The Balaban J connectivity index is 1.48. The fourth-order valence-corrected chi connectivity index (χ4v) is 4.12. The second kappa shape index (κ2) is 8.69. The van der Waals surface area contributed by atoms with E-state index in [0.29, 0.717) is 17.3 Å². The van der Waals surface area contributed by atoms with Crippen LogP contribution in [-0.2, 0) is 11.2 Å². The normalized spacial score (nSPS) is 10.6. The molecule has 0 atom stereocenters. The Morgan fingerprint density at radius 3 is 2.48 bits per heavy atom. The number of anilines is 1. The predicted molar refractivity (Wildman–Crippen MR) is 106 cm³/mol. The first-order valence-electron chi connectivity index (χ1n) is 7.97. The lowest BCUT2D eigenvalue weighted by molar-refractivity contribution is -0.118. The van der Waals surface area contributed by atoms with E-state index in [9.17, 15) is 4.79 Å². The highest BCUT2D eigenvalue weighted by molar-refractivity contribution is 8.01. The summed E-state index contributed by atoms with van der Waals surface area (Å²) in [5.41, 5.74) is 9.07. The predicted octanol–water partition coefficient (Wildman–Crippen LogP) is 3.84. The van der Waals surface area contributed by atoms with E-state index in [1.165, 1.54) is 28.7 Å². The number of amides is 1. The van der Waals surface area contributed by atoms with Crippen molar-refractivity contribution in [1.82, 2.24) is 10.3 Å². The van der Waals surface area contributed by atoms with Crippen molar-refractivity contribution in [1.29, 1.82) is 0 Å². The fourth-order valence-electron chi connectivity index (χ4n) is 2.35. The first-order valence-corrected chi connectivity index (χ1v) is 9.78. The van der Waals surface area contributed by atoms with Crippen LogP contribution >= 0.6 is 23.1 Å². The smallest absolute Gasteiger partial charge is 0.230 e. The summed E-state index contributed by atoms with van der Waals surface area (Å²) in [7, 11) is 0. The maximum absolute atomic E-state index is 12.0. The molecule has 0 spiro atoms. The van der Waals surface area contributed by atoms with Crippen molar-refractivity contribution in [3.05, 3.63) is 66.2 Å². The standard InChI is InChI=1S/C19H19N3OS2/c20-18-17(15-9-5-2-6-10-15)22-19(25-18)24-13-16(23)21-12-11-14-7-3-1-4-8-14/h1-10H,11-13,20H2,(H,21,23). The molecule has 3 rings (SSSR count). The van der Waals surface area contributed by atoms with E-state index < -0.39 is 0 Å². The number of carbonyl (C=O) groups excluding carboxylic acids is 1. The van der Waals surface area contributed by atoms with Crippen molar-refractivity contribution in [3.8, 4) is 11.3 Å². The zero-order valence-electron chi connectivity index (χ0n) is 13.6. The van der Waals surface area contributed by atoms with Crippen LogP contribution in [0.5, 0.6) is 0 Å². The number of aromatic nitrogens is 1. The summed E-state index contributed by atoms with van der Waals surface area (Å²) >= 11 is 2.84. The lowest BCUT2D eigenvalue weighted by Gasteiger charge is -2.04. The Hall–Kier alpha value is -2.31. The molecule has 6 heteroatoms. The summed E-state index contributed by atoms with van der Waals surface area (Å²) in [6, 6.07) is 20.0. The average Bonchev–Trinajstić information content (AvgIpc) is 3.02. The van der Waals surface area contributed by atoms with Gasteiger partial charge in [-0.1, -0.05) is 83.8 Å². The lowest BCUT2D eigenvalue weighted by atomic mass is 10.1. The molecule has 3 N–H and O–H groups in total. The third kappa shape index (κ3) is 5.08. The number of carbonyl (C=O) groups is 1. The van der Waals surface area contributed by atoms with Crippen LogP contribution in [-0.4, -0.2) is 23.2 Å². The molecule has 2 aromatic carbocycles. The number of nitrogen functional groups attached to an aromatic ring is 1. The molecule has 1 aromatic heterocycles. The third-order valence-corrected chi connectivity index (χ3v) is 5.61. The summed E-state index contributed by atoms with van der Waals surface area (Å²) < 4.78 is 0.814. The molecule has 0 saturated heterocycles. The molecule has 0 unspecified atom stereocenters. The average molecular weight is 370 g/mol. The van der Waals surface area contributed by atoms with E-state index >= 15 is 0 Å². The Kier molecular flexibility index (Phi) is 6.09. The van der Waals surface area contributed by atoms with Crippen LogP contribution < -0.4 is 11.1 Å². The zero-order valence-corrected chi connectivity index (χ0v) is 15.3. The van der Waals surface area contributed by atoms with Gasteiger partial charge in [0.1, 0.15) is 10.7 Å². The number of thiazole rings is 1. The highest BCUT2D eigenvalue weighted by atomic mass is 32.2. The van der Waals surface area contributed by atoms with Gasteiger partial charge in [0, 0.05) is 12.1 Å². The number of benzene rings is 2. The number of thioether (sulfide) groups is 1. The topological polar surface area (TPSA) is 68.0 Å². The SMILES string of the molecule is Nc1sc(SCC(=O)NCCc2ccccc2)nc1-c1ccccc1. The number of hydrogen-bond acceptors (Lipinski definition) is 5. The number of nitrogens with zero attached hydrogens (tertiary/aromatic N) is 1. The molecule has 0 fully saturated rings. The number of nitrogens with two attached hydrogens (primary N) is 1. The van der Waals surface area contributed by atoms with E-state index in [2.05, 4.69) is 22.4 Å². The van der Waals surface area contributed by atoms with Gasteiger partial charge in [-0.2, -0.15) is 0 Å². The molecule has 0 bridgehead atoms. The van der Waals surface area contributed by atoms with Crippen LogP contribution in [0.3, 0.4) is 0 Å². The third-order valence-electron chi connectivity index (χ3n) is 3.59. The van der Waals surface area contributed by atoms with Gasteiger partial charge in [0.15, 0.2) is 4.34 Å². The first-order chi connectivity index (χ1) is 12.2. The minimum Gasteiger partial charge on any atom is -0.389 e. The van der Waals surface area contributed by atoms with Gasteiger partial charge < -0.3 is 11.1 Å². The van der Waals surface area contributed by atoms with Gasteiger partial charge in [-0.25, -0.2) is 4.98 Å². The van der Waals surface area contributed by atoms with Gasteiger partial charge in [0.05, 0.1) is 5.75 Å². The van der Waals surface area contributed by atoms with Crippen LogP contribution in [0.25, 0.3) is 11.3 Å². The second-order valence-electron chi connectivity index (χ2n) is 5.43. The molecule has 0 aliphatic carbocycles. The van der Waals surface area contributed by atoms with Gasteiger partial charge in [0.25, 0.3) is 0 Å². The molecule has 0 aliphatic heterocycles. The highest BCUT2D eigenvalue weighted by Crippen LogP contribution is 2.35. The minimum absolute atomic E-state index is 0.0102. The van der Waals surface area contributed by atoms with Gasteiger partial charge in [-0.3, -0.25) is 4.79 Å². The van der Waals surface area contributed by atoms with Crippen molar-refractivity contribution in [2.75, 3.05) is 18.0 Å². The zero-order chi connectivity index (χ0) is 17.5. The Bertz CT molecular complexity index is 819. The quantitative estimate of drug-likeness (QED) is 0.621.